The molecule has 5 amide bonds. The van der Waals surface area contributed by atoms with Gasteiger partial charge in [-0.15, -0.1) is 0 Å². The zero-order valence-electron chi connectivity index (χ0n) is 24.5. The molecule has 11 nitrogen and oxygen atoms in total. The second-order valence-electron chi connectivity index (χ2n) is 12.4. The van der Waals surface area contributed by atoms with Crippen molar-refractivity contribution in [3.8, 4) is 0 Å². The first kappa shape index (κ1) is 31.4. The minimum Gasteiger partial charge on any atom is -0.479 e. The second-order valence-corrected chi connectivity index (χ2v) is 12.4. The lowest BCUT2D eigenvalue weighted by Crippen LogP contribution is -2.56. The van der Waals surface area contributed by atoms with Crippen molar-refractivity contribution in [1.82, 2.24) is 25.8 Å². The summed E-state index contributed by atoms with van der Waals surface area (Å²) in [6.07, 6.45) is 10.8. The summed E-state index contributed by atoms with van der Waals surface area (Å²) in [4.78, 5) is 66.1. The van der Waals surface area contributed by atoms with Crippen LogP contribution in [0.1, 0.15) is 85.5 Å². The molecule has 1 unspecified atom stereocenters. The van der Waals surface area contributed by atoms with Crippen molar-refractivity contribution in [3.05, 3.63) is 12.2 Å². The molecule has 2 aliphatic heterocycles. The molecule has 1 saturated carbocycles. The van der Waals surface area contributed by atoms with E-state index in [4.69, 9.17) is 0 Å². The Hall–Kier alpha value is -3.11. The van der Waals surface area contributed by atoms with Gasteiger partial charge in [-0.2, -0.15) is 0 Å². The van der Waals surface area contributed by atoms with Gasteiger partial charge in [0.2, 0.25) is 17.7 Å². The van der Waals surface area contributed by atoms with Crippen molar-refractivity contribution in [1.29, 1.82) is 0 Å². The Kier molecular flexibility index (Phi) is 10.6. The van der Waals surface area contributed by atoms with E-state index < -0.39 is 35.4 Å². The second kappa shape index (κ2) is 13.5. The van der Waals surface area contributed by atoms with Crippen LogP contribution < -0.4 is 16.0 Å². The molecule has 3 fully saturated rings. The normalized spacial score (nSPS) is 25.2. The van der Waals surface area contributed by atoms with E-state index in [-0.39, 0.29) is 29.8 Å². The Balaban J connectivity index is 1.51. The maximum absolute atomic E-state index is 13.1. The van der Waals surface area contributed by atoms with Gasteiger partial charge < -0.3 is 30.9 Å². The summed E-state index contributed by atoms with van der Waals surface area (Å²) >= 11 is 0. The van der Waals surface area contributed by atoms with E-state index in [1.54, 1.807) is 4.90 Å². The van der Waals surface area contributed by atoms with Gasteiger partial charge in [-0.1, -0.05) is 52.7 Å². The molecule has 0 aromatic heterocycles. The van der Waals surface area contributed by atoms with Gasteiger partial charge >= 0.3 is 12.0 Å². The smallest absolute Gasteiger partial charge is 0.330 e. The van der Waals surface area contributed by atoms with Gasteiger partial charge in [0, 0.05) is 32.0 Å². The first-order chi connectivity index (χ1) is 18.9. The molecular weight excluding hydrogens is 514 g/mol. The number of carboxylic acids is 1. The van der Waals surface area contributed by atoms with Gasteiger partial charge in [0.05, 0.1) is 12.6 Å². The van der Waals surface area contributed by atoms with E-state index in [0.29, 0.717) is 45.3 Å². The van der Waals surface area contributed by atoms with E-state index in [1.807, 2.05) is 32.9 Å². The molecule has 2 heterocycles. The first-order valence-corrected chi connectivity index (χ1v) is 14.7. The third-order valence-corrected chi connectivity index (χ3v) is 8.29. The van der Waals surface area contributed by atoms with Gasteiger partial charge in [-0.05, 0) is 43.9 Å². The number of carbonyl (C=O) groups is 5. The highest BCUT2D eigenvalue weighted by Crippen LogP contribution is 2.45. The van der Waals surface area contributed by atoms with Crippen molar-refractivity contribution in [2.24, 2.45) is 11.3 Å². The van der Waals surface area contributed by atoms with Crippen molar-refractivity contribution in [2.75, 3.05) is 26.2 Å². The number of nitrogens with one attached hydrogen (secondary N) is 3. The monoisotopic (exact) mass is 561 g/mol. The van der Waals surface area contributed by atoms with Gasteiger partial charge in [-0.25, -0.2) is 9.59 Å². The minimum atomic E-state index is -1.33. The van der Waals surface area contributed by atoms with Crippen molar-refractivity contribution in [2.45, 2.75) is 103 Å². The topological polar surface area (TPSA) is 148 Å². The van der Waals surface area contributed by atoms with Crippen LogP contribution in [-0.2, 0) is 19.2 Å². The highest BCUT2D eigenvalue weighted by atomic mass is 16.4. The minimum absolute atomic E-state index is 0.0789. The standard InChI is InChI=1S/C29H47N5O6/c1-5-6-7-8-9-12-20-17-29(20,26(38)39)32-25(37)21-13-10-16-34(21)24(36)18-30-27(40)31-22(28(2,3)4)19-33-15-11-14-23(33)35/h9,12,20-22H,5-8,10-11,13-19H2,1-4H3,(H,32,37)(H,38,39)(H2,30,31,40)/b12-9-/t20?,21-,22+,29+/m0/s1. The molecule has 0 spiro atoms. The summed E-state index contributed by atoms with van der Waals surface area (Å²) in [5, 5.41) is 18.1. The van der Waals surface area contributed by atoms with Crippen LogP contribution in [0.15, 0.2) is 12.2 Å². The fourth-order valence-electron chi connectivity index (χ4n) is 5.50. The fourth-order valence-corrected chi connectivity index (χ4v) is 5.50. The van der Waals surface area contributed by atoms with E-state index in [2.05, 4.69) is 22.9 Å². The van der Waals surface area contributed by atoms with Crippen LogP contribution in [0, 0.1) is 11.3 Å². The van der Waals surface area contributed by atoms with E-state index in [0.717, 1.165) is 32.1 Å². The lowest BCUT2D eigenvalue weighted by Gasteiger charge is -2.34. The number of aliphatic carboxylic acids is 1. The van der Waals surface area contributed by atoms with Crippen LogP contribution in [0.4, 0.5) is 4.79 Å². The molecule has 40 heavy (non-hydrogen) atoms. The lowest BCUT2D eigenvalue weighted by atomic mass is 9.86. The molecule has 0 aromatic carbocycles. The maximum atomic E-state index is 13.1. The number of hydrogen-bond acceptors (Lipinski definition) is 5. The number of allylic oxidation sites excluding steroid dienone is 1. The first-order valence-electron chi connectivity index (χ1n) is 14.7. The summed E-state index contributed by atoms with van der Waals surface area (Å²) in [6.45, 7) is 9.21. The van der Waals surface area contributed by atoms with E-state index in [9.17, 15) is 29.1 Å². The molecule has 3 rings (SSSR count). The lowest BCUT2D eigenvalue weighted by molar-refractivity contribution is -0.145. The average Bonchev–Trinajstić information content (AvgIpc) is 3.18. The Bertz CT molecular complexity index is 992. The zero-order valence-corrected chi connectivity index (χ0v) is 24.5. The number of amides is 5. The summed E-state index contributed by atoms with van der Waals surface area (Å²) in [7, 11) is 0. The van der Waals surface area contributed by atoms with Crippen molar-refractivity contribution in [3.63, 3.8) is 0 Å². The fraction of sp³-hybridized carbons (Fsp3) is 0.759. The largest absolute Gasteiger partial charge is 0.479 e. The highest BCUT2D eigenvalue weighted by Gasteiger charge is 2.61. The van der Waals surface area contributed by atoms with Gasteiger partial charge in [0.1, 0.15) is 11.6 Å². The molecule has 11 heteroatoms. The van der Waals surface area contributed by atoms with Gasteiger partial charge in [0.15, 0.2) is 0 Å². The predicted octanol–water partition coefficient (Wildman–Crippen LogP) is 2.41. The zero-order chi connectivity index (χ0) is 29.5. The molecule has 1 aliphatic carbocycles. The number of hydrogen-bond donors (Lipinski definition) is 4. The van der Waals surface area contributed by atoms with Crippen molar-refractivity contribution < 1.29 is 29.1 Å². The third kappa shape index (κ3) is 7.97. The SMILES string of the molecule is CCCCC/C=C\C1C[C@]1(NC(=O)[C@@H]1CCCN1C(=O)CNC(=O)N[C@H](CN1CCCC1=O)C(C)(C)C)C(=O)O. The van der Waals surface area contributed by atoms with Crippen LogP contribution in [-0.4, -0.2) is 88.4 Å². The van der Waals surface area contributed by atoms with Crippen LogP contribution in [0.3, 0.4) is 0 Å². The highest BCUT2D eigenvalue weighted by molar-refractivity contribution is 5.95. The van der Waals surface area contributed by atoms with Crippen LogP contribution in [0.5, 0.6) is 0 Å². The number of likely N-dealkylation sites (tertiary alicyclic amines) is 2. The Morgan fingerprint density at radius 3 is 2.52 bits per heavy atom. The maximum Gasteiger partial charge on any atom is 0.330 e. The van der Waals surface area contributed by atoms with Gasteiger partial charge in [-0.3, -0.25) is 14.4 Å². The van der Waals surface area contributed by atoms with Crippen LogP contribution in [0.2, 0.25) is 0 Å². The van der Waals surface area contributed by atoms with E-state index >= 15 is 0 Å². The molecule has 4 N–H and O–H groups in total. The molecule has 4 atom stereocenters. The average molecular weight is 562 g/mol. The van der Waals surface area contributed by atoms with Gasteiger partial charge in [0.25, 0.3) is 0 Å². The predicted molar refractivity (Wildman–Crippen MR) is 150 cm³/mol. The van der Waals surface area contributed by atoms with Crippen LogP contribution >= 0.6 is 0 Å². The molecule has 0 bridgehead atoms. The number of carboxylic acid groups (broad SMARTS) is 1. The van der Waals surface area contributed by atoms with Crippen molar-refractivity contribution >= 4 is 29.7 Å². The number of nitrogens with zero attached hydrogens (tertiary/aromatic N) is 2. The number of unbranched alkanes of at least 4 members (excludes halogenated alkanes) is 3. The summed E-state index contributed by atoms with van der Waals surface area (Å²) in [5.74, 6) is -2.12. The summed E-state index contributed by atoms with van der Waals surface area (Å²) in [6, 6.07) is -1.60. The quantitative estimate of drug-likeness (QED) is 0.201. The summed E-state index contributed by atoms with van der Waals surface area (Å²) in [5.41, 5.74) is -1.64. The molecule has 0 radical (unpaired) electrons. The Labute approximate surface area is 237 Å². The van der Waals surface area contributed by atoms with Crippen LogP contribution in [0.25, 0.3) is 0 Å². The van der Waals surface area contributed by atoms with E-state index in [1.165, 1.54) is 4.90 Å². The number of urea groups is 1. The third-order valence-electron chi connectivity index (χ3n) is 8.29. The number of carbonyl (C=O) groups excluding carboxylic acids is 4. The number of rotatable bonds is 13. The molecule has 3 aliphatic rings. The molecular formula is C29H47N5O6. The molecule has 224 valence electrons. The summed E-state index contributed by atoms with van der Waals surface area (Å²) < 4.78 is 0. The molecule has 0 aromatic rings. The molecule has 2 saturated heterocycles. The Morgan fingerprint density at radius 2 is 1.90 bits per heavy atom. The Morgan fingerprint density at radius 1 is 1.15 bits per heavy atom.